The molecule has 1 aliphatic heterocycles. The van der Waals surface area contributed by atoms with Crippen molar-refractivity contribution in [1.82, 2.24) is 9.47 Å². The first-order chi connectivity index (χ1) is 13.4. The second-order valence-corrected chi connectivity index (χ2v) is 9.17. The van der Waals surface area contributed by atoms with Crippen molar-refractivity contribution in [2.45, 2.75) is 35.6 Å². The van der Waals surface area contributed by atoms with Gasteiger partial charge in [-0.2, -0.15) is 0 Å². The number of amides is 1. The summed E-state index contributed by atoms with van der Waals surface area (Å²) in [5.41, 5.74) is 2.00. The minimum absolute atomic E-state index is 0.211. The quantitative estimate of drug-likeness (QED) is 0.720. The van der Waals surface area contributed by atoms with Gasteiger partial charge in [-0.1, -0.05) is 18.2 Å². The Morgan fingerprint density at radius 3 is 2.36 bits per heavy atom. The largest absolute Gasteiger partial charge is 0.465 e. The molecule has 7 heteroatoms. The van der Waals surface area contributed by atoms with Gasteiger partial charge in [-0.25, -0.2) is 13.2 Å². The van der Waals surface area contributed by atoms with Crippen LogP contribution in [0.1, 0.15) is 24.4 Å². The number of aromatic nitrogens is 1. The zero-order chi connectivity index (χ0) is 19.9. The van der Waals surface area contributed by atoms with Crippen LogP contribution < -0.4 is 0 Å². The third-order valence-corrected chi connectivity index (χ3v) is 7.26. The number of fused-ring (bicyclic) bond motifs is 1. The summed E-state index contributed by atoms with van der Waals surface area (Å²) in [6, 6.07) is 13.9. The van der Waals surface area contributed by atoms with E-state index in [0.717, 1.165) is 29.3 Å². The molecule has 3 aromatic rings. The number of benzene rings is 2. The van der Waals surface area contributed by atoms with Crippen molar-refractivity contribution >= 4 is 26.8 Å². The molecule has 1 aromatic heterocycles. The van der Waals surface area contributed by atoms with Crippen LogP contribution in [-0.2, 0) is 9.84 Å². The average Bonchev–Trinajstić information content (AvgIpc) is 3.05. The van der Waals surface area contributed by atoms with Gasteiger partial charge in [0.05, 0.1) is 9.79 Å². The zero-order valence-corrected chi connectivity index (χ0v) is 16.4. The highest BCUT2D eigenvalue weighted by molar-refractivity contribution is 7.91. The predicted octanol–water partition coefficient (Wildman–Crippen LogP) is 4.10. The highest BCUT2D eigenvalue weighted by Crippen LogP contribution is 2.32. The fourth-order valence-corrected chi connectivity index (χ4v) is 5.25. The van der Waals surface area contributed by atoms with Crippen molar-refractivity contribution in [1.29, 1.82) is 0 Å². The molecule has 146 valence electrons. The molecule has 1 fully saturated rings. The minimum Gasteiger partial charge on any atom is -0.465 e. The lowest BCUT2D eigenvalue weighted by Gasteiger charge is -2.31. The number of sulfone groups is 1. The van der Waals surface area contributed by atoms with E-state index in [1.807, 2.05) is 19.2 Å². The maximum absolute atomic E-state index is 12.9. The highest BCUT2D eigenvalue weighted by atomic mass is 32.2. The van der Waals surface area contributed by atoms with Crippen LogP contribution >= 0.6 is 0 Å². The third-order valence-electron chi connectivity index (χ3n) is 5.50. The summed E-state index contributed by atoms with van der Waals surface area (Å²) in [5.74, 6) is 0. The number of aryl methyl sites for hydroxylation is 1. The van der Waals surface area contributed by atoms with E-state index in [2.05, 4.69) is 4.57 Å². The van der Waals surface area contributed by atoms with Gasteiger partial charge in [-0.3, -0.25) is 0 Å². The molecule has 0 saturated carbocycles. The Morgan fingerprint density at radius 1 is 1.04 bits per heavy atom. The summed E-state index contributed by atoms with van der Waals surface area (Å²) in [7, 11) is -3.56. The molecule has 1 N–H and O–H groups in total. The first-order valence-corrected chi connectivity index (χ1v) is 10.8. The van der Waals surface area contributed by atoms with Crippen molar-refractivity contribution in [2.75, 3.05) is 13.1 Å². The maximum Gasteiger partial charge on any atom is 0.407 e. The first kappa shape index (κ1) is 18.6. The summed E-state index contributed by atoms with van der Waals surface area (Å²) < 4.78 is 28.0. The van der Waals surface area contributed by atoms with Gasteiger partial charge in [-0.15, -0.1) is 0 Å². The molecule has 1 amide bonds. The van der Waals surface area contributed by atoms with Crippen molar-refractivity contribution in [2.24, 2.45) is 0 Å². The van der Waals surface area contributed by atoms with Crippen LogP contribution in [0.15, 0.2) is 64.5 Å². The Hall–Kier alpha value is -2.80. The van der Waals surface area contributed by atoms with Crippen LogP contribution in [0.3, 0.4) is 0 Å². The number of carbonyl (C=O) groups is 1. The molecule has 28 heavy (non-hydrogen) atoms. The molecule has 0 aliphatic carbocycles. The second kappa shape index (κ2) is 6.98. The smallest absolute Gasteiger partial charge is 0.407 e. The van der Waals surface area contributed by atoms with Gasteiger partial charge in [0.25, 0.3) is 0 Å². The van der Waals surface area contributed by atoms with Crippen molar-refractivity contribution in [3.8, 4) is 0 Å². The summed E-state index contributed by atoms with van der Waals surface area (Å²) in [6.07, 6.45) is 2.67. The van der Waals surface area contributed by atoms with Gasteiger partial charge in [0, 0.05) is 36.2 Å². The van der Waals surface area contributed by atoms with Gasteiger partial charge >= 0.3 is 6.09 Å². The molecular weight excluding hydrogens is 376 g/mol. The van der Waals surface area contributed by atoms with Crippen LogP contribution in [0.25, 0.3) is 10.9 Å². The zero-order valence-electron chi connectivity index (χ0n) is 15.6. The summed E-state index contributed by atoms with van der Waals surface area (Å²) in [5, 5.41) is 10.0. The molecule has 6 nitrogen and oxygen atoms in total. The number of hydrogen-bond donors (Lipinski definition) is 1. The maximum atomic E-state index is 12.9. The van der Waals surface area contributed by atoms with E-state index < -0.39 is 15.9 Å². The van der Waals surface area contributed by atoms with E-state index >= 15 is 0 Å². The molecule has 1 saturated heterocycles. The van der Waals surface area contributed by atoms with Gasteiger partial charge < -0.3 is 14.6 Å². The molecular formula is C21H22N2O4S. The van der Waals surface area contributed by atoms with E-state index in [4.69, 9.17) is 5.11 Å². The van der Waals surface area contributed by atoms with E-state index in [-0.39, 0.29) is 15.8 Å². The van der Waals surface area contributed by atoms with Crippen molar-refractivity contribution < 1.29 is 18.3 Å². The number of carboxylic acid groups (broad SMARTS) is 1. The van der Waals surface area contributed by atoms with Crippen LogP contribution in [0, 0.1) is 6.92 Å². The lowest BCUT2D eigenvalue weighted by Crippen LogP contribution is -2.37. The molecule has 0 spiro atoms. The normalized spacial score (nSPS) is 15.8. The molecule has 2 heterocycles. The van der Waals surface area contributed by atoms with Gasteiger partial charge in [0.15, 0.2) is 0 Å². The fraction of sp³-hybridized carbons (Fsp3) is 0.286. The van der Waals surface area contributed by atoms with Crippen LogP contribution in [0.4, 0.5) is 4.79 Å². The van der Waals surface area contributed by atoms with E-state index in [0.29, 0.717) is 13.1 Å². The molecule has 0 radical (unpaired) electrons. The summed E-state index contributed by atoms with van der Waals surface area (Å²) in [4.78, 5) is 13.1. The lowest BCUT2D eigenvalue weighted by molar-refractivity contribution is 0.126. The second-order valence-electron chi connectivity index (χ2n) is 7.22. The van der Waals surface area contributed by atoms with Crippen molar-refractivity contribution in [3.63, 3.8) is 0 Å². The molecule has 0 unspecified atom stereocenters. The lowest BCUT2D eigenvalue weighted by atomic mass is 10.1. The summed E-state index contributed by atoms with van der Waals surface area (Å²) >= 11 is 0. The van der Waals surface area contributed by atoms with Crippen LogP contribution in [0.2, 0.25) is 0 Å². The van der Waals surface area contributed by atoms with Gasteiger partial charge in [-0.05, 0) is 55.7 Å². The van der Waals surface area contributed by atoms with Gasteiger partial charge in [0.2, 0.25) is 9.84 Å². The average molecular weight is 398 g/mol. The third kappa shape index (κ3) is 3.16. The monoisotopic (exact) mass is 398 g/mol. The van der Waals surface area contributed by atoms with Crippen molar-refractivity contribution in [3.05, 3.63) is 60.3 Å². The first-order valence-electron chi connectivity index (χ1n) is 9.27. The molecule has 0 atom stereocenters. The summed E-state index contributed by atoms with van der Waals surface area (Å²) in [6.45, 7) is 3.00. The number of hydrogen-bond acceptors (Lipinski definition) is 3. The number of piperidine rings is 1. The number of likely N-dealkylation sites (tertiary alicyclic amines) is 1. The van der Waals surface area contributed by atoms with Gasteiger partial charge in [0.1, 0.15) is 0 Å². The Balaban J connectivity index is 1.69. The van der Waals surface area contributed by atoms with E-state index in [1.165, 1.54) is 4.90 Å². The number of rotatable bonds is 3. The van der Waals surface area contributed by atoms with E-state index in [9.17, 15) is 13.2 Å². The predicted molar refractivity (Wildman–Crippen MR) is 106 cm³/mol. The Bertz CT molecular complexity index is 1130. The fourth-order valence-electron chi connectivity index (χ4n) is 3.94. The molecule has 4 rings (SSSR count). The van der Waals surface area contributed by atoms with Crippen LogP contribution in [-0.4, -0.2) is 42.2 Å². The number of nitrogens with zero attached hydrogens (tertiary/aromatic N) is 2. The standard InChI is InChI=1S/C21H22N2O4S/c1-15-14-23(16-9-11-22(12-10-16)21(24)25)20-8-7-18(13-19(15)20)28(26,27)17-5-3-2-4-6-17/h2-8,13-14,16H,9-12H2,1H3,(H,24,25). The highest BCUT2D eigenvalue weighted by Gasteiger charge is 2.25. The molecule has 0 bridgehead atoms. The van der Waals surface area contributed by atoms with E-state index in [1.54, 1.807) is 42.5 Å². The SMILES string of the molecule is Cc1cn(C2CCN(C(=O)O)CC2)c2ccc(S(=O)(=O)c3ccccc3)cc12. The Labute approximate surface area is 163 Å². The minimum atomic E-state index is -3.56. The Kier molecular flexibility index (Phi) is 4.63. The van der Waals surface area contributed by atoms with Crippen LogP contribution in [0.5, 0.6) is 0 Å². The molecule has 2 aromatic carbocycles. The molecule has 1 aliphatic rings. The Morgan fingerprint density at radius 2 is 1.71 bits per heavy atom. The topological polar surface area (TPSA) is 79.6 Å².